The van der Waals surface area contributed by atoms with Gasteiger partial charge in [-0.15, -0.1) is 0 Å². The molecule has 3 heterocycles. The smallest absolute Gasteiger partial charge is 0.360 e. The number of carbonyl (C=O) groups excluding carboxylic acids is 2. The lowest BCUT2D eigenvalue weighted by Crippen LogP contribution is -2.60. The number of ether oxygens (including phenoxy) is 2. The van der Waals surface area contributed by atoms with Gasteiger partial charge in [-0.3, -0.25) is 4.79 Å². The topological polar surface area (TPSA) is 78.6 Å². The third-order valence-corrected chi connectivity index (χ3v) is 9.46. The Morgan fingerprint density at radius 1 is 0.946 bits per heavy atom. The van der Waals surface area contributed by atoms with Crippen molar-refractivity contribution in [3.63, 3.8) is 0 Å². The van der Waals surface area contributed by atoms with Crippen molar-refractivity contribution in [3.8, 4) is 0 Å². The van der Waals surface area contributed by atoms with E-state index in [2.05, 4.69) is 0 Å². The van der Waals surface area contributed by atoms with Gasteiger partial charge in [-0.2, -0.15) is 0 Å². The zero-order chi connectivity index (χ0) is 26.0. The van der Waals surface area contributed by atoms with Crippen LogP contribution >= 0.6 is 0 Å². The van der Waals surface area contributed by atoms with Crippen LogP contribution in [-0.4, -0.2) is 53.7 Å². The van der Waals surface area contributed by atoms with E-state index in [9.17, 15) is 9.59 Å². The van der Waals surface area contributed by atoms with E-state index in [1.807, 2.05) is 74.5 Å². The maximum Gasteiger partial charge on any atom is 0.360 e. The number of rotatable bonds is 8. The molecule has 2 aromatic carbocycles. The van der Waals surface area contributed by atoms with Crippen LogP contribution in [0.15, 0.2) is 60.7 Å². The summed E-state index contributed by atoms with van der Waals surface area (Å²) in [6.07, 6.45) is 7.33. The highest BCUT2D eigenvalue weighted by Gasteiger charge is 2.57. The average molecular weight is 506 g/mol. The SMILES string of the molecule is CC[C@H](C)[C@H](N)C(=O)OC(C(=O)OC1CC2CCC(C1)[N+]21CCCC1)(c1ccccc1)c1ccccc1. The third kappa shape index (κ3) is 4.59. The summed E-state index contributed by atoms with van der Waals surface area (Å²) >= 11 is 0. The fourth-order valence-corrected chi connectivity index (χ4v) is 7.15. The Bertz CT molecular complexity index is 1030. The molecule has 3 aliphatic heterocycles. The maximum absolute atomic E-state index is 14.3. The minimum atomic E-state index is -1.72. The van der Waals surface area contributed by atoms with Gasteiger partial charge in [-0.1, -0.05) is 80.9 Å². The summed E-state index contributed by atoms with van der Waals surface area (Å²) in [7, 11) is 0. The minimum Gasteiger partial charge on any atom is -0.458 e. The first kappa shape index (κ1) is 25.9. The Morgan fingerprint density at radius 2 is 1.46 bits per heavy atom. The van der Waals surface area contributed by atoms with E-state index < -0.39 is 23.6 Å². The summed E-state index contributed by atoms with van der Waals surface area (Å²) in [6, 6.07) is 18.8. The van der Waals surface area contributed by atoms with Crippen LogP contribution in [0, 0.1) is 5.92 Å². The van der Waals surface area contributed by atoms with Crippen LogP contribution in [0.5, 0.6) is 0 Å². The van der Waals surface area contributed by atoms with E-state index >= 15 is 0 Å². The molecular weight excluding hydrogens is 464 g/mol. The zero-order valence-electron chi connectivity index (χ0n) is 22.2. The van der Waals surface area contributed by atoms with Crippen LogP contribution < -0.4 is 5.73 Å². The number of benzene rings is 2. The number of esters is 2. The summed E-state index contributed by atoms with van der Waals surface area (Å²) < 4.78 is 13.8. The first-order valence-electron chi connectivity index (χ1n) is 14.1. The fraction of sp³-hybridized carbons (Fsp3) is 0.548. The van der Waals surface area contributed by atoms with Crippen LogP contribution in [-0.2, 0) is 24.7 Å². The largest absolute Gasteiger partial charge is 0.458 e. The zero-order valence-corrected chi connectivity index (χ0v) is 22.2. The number of nitrogens with two attached hydrogens (primary N) is 1. The van der Waals surface area contributed by atoms with Crippen molar-refractivity contribution in [3.05, 3.63) is 71.8 Å². The normalized spacial score (nSPS) is 26.0. The Labute approximate surface area is 220 Å². The number of hydrogen-bond donors (Lipinski definition) is 1. The predicted molar refractivity (Wildman–Crippen MR) is 142 cm³/mol. The van der Waals surface area contributed by atoms with Gasteiger partial charge in [0.05, 0.1) is 25.2 Å². The average Bonchev–Trinajstić information content (AvgIpc) is 3.48. The van der Waals surface area contributed by atoms with Gasteiger partial charge in [0.15, 0.2) is 0 Å². The molecule has 2 unspecified atom stereocenters. The molecule has 3 fully saturated rings. The van der Waals surface area contributed by atoms with E-state index in [-0.39, 0.29) is 12.0 Å². The molecule has 0 saturated carbocycles. The van der Waals surface area contributed by atoms with Crippen molar-refractivity contribution >= 4 is 11.9 Å². The molecule has 4 atom stereocenters. The second-order valence-corrected chi connectivity index (χ2v) is 11.4. The van der Waals surface area contributed by atoms with Crippen LogP contribution in [0.4, 0.5) is 0 Å². The molecule has 1 spiro atoms. The first-order valence-corrected chi connectivity index (χ1v) is 14.1. The van der Waals surface area contributed by atoms with E-state index in [1.165, 1.54) is 43.3 Å². The molecule has 0 aliphatic carbocycles. The first-order chi connectivity index (χ1) is 17.9. The highest BCUT2D eigenvalue weighted by Crippen LogP contribution is 2.47. The molecule has 2 aromatic rings. The predicted octanol–water partition coefficient (Wildman–Crippen LogP) is 4.69. The molecule has 3 saturated heterocycles. The summed E-state index contributed by atoms with van der Waals surface area (Å²) in [5.41, 5.74) is 5.71. The Morgan fingerprint density at radius 3 is 1.95 bits per heavy atom. The van der Waals surface area contributed by atoms with Crippen molar-refractivity contribution in [1.82, 2.24) is 0 Å². The molecular formula is C31H41N2O4+. The fourth-order valence-electron chi connectivity index (χ4n) is 7.15. The monoisotopic (exact) mass is 505 g/mol. The molecule has 2 bridgehead atoms. The molecule has 198 valence electrons. The van der Waals surface area contributed by atoms with Gasteiger partial charge in [0.25, 0.3) is 5.60 Å². The molecule has 5 rings (SSSR count). The second-order valence-electron chi connectivity index (χ2n) is 11.4. The third-order valence-electron chi connectivity index (χ3n) is 9.46. The molecule has 2 N–H and O–H groups in total. The summed E-state index contributed by atoms with van der Waals surface area (Å²) in [5.74, 6) is -1.21. The Hall–Kier alpha value is -2.70. The van der Waals surface area contributed by atoms with Crippen molar-refractivity contribution in [1.29, 1.82) is 0 Å². The van der Waals surface area contributed by atoms with Gasteiger partial charge in [-0.05, 0) is 5.92 Å². The van der Waals surface area contributed by atoms with Crippen LogP contribution in [0.2, 0.25) is 0 Å². The van der Waals surface area contributed by atoms with Crippen molar-refractivity contribution in [2.24, 2.45) is 11.7 Å². The molecule has 6 nitrogen and oxygen atoms in total. The van der Waals surface area contributed by atoms with Crippen molar-refractivity contribution in [2.75, 3.05) is 13.1 Å². The molecule has 0 radical (unpaired) electrons. The van der Waals surface area contributed by atoms with Crippen LogP contribution in [0.1, 0.15) is 69.9 Å². The molecule has 0 amide bonds. The van der Waals surface area contributed by atoms with Crippen molar-refractivity contribution in [2.45, 2.75) is 88.6 Å². The summed E-state index contributed by atoms with van der Waals surface area (Å²) in [5, 5.41) is 0. The molecule has 37 heavy (non-hydrogen) atoms. The second kappa shape index (κ2) is 10.6. The number of carbonyl (C=O) groups is 2. The molecule has 0 aromatic heterocycles. The van der Waals surface area contributed by atoms with E-state index in [0.29, 0.717) is 23.2 Å². The highest BCUT2D eigenvalue weighted by molar-refractivity contribution is 5.90. The lowest BCUT2D eigenvalue weighted by atomic mass is 9.85. The van der Waals surface area contributed by atoms with Gasteiger partial charge in [0.1, 0.15) is 12.1 Å². The Kier molecular flexibility index (Phi) is 7.42. The minimum absolute atomic E-state index is 0.0814. The number of quaternary nitrogens is 1. The van der Waals surface area contributed by atoms with Gasteiger partial charge in [0.2, 0.25) is 0 Å². The van der Waals surface area contributed by atoms with Gasteiger partial charge in [0, 0.05) is 49.7 Å². The lowest BCUT2D eigenvalue weighted by molar-refractivity contribution is -0.956. The quantitative estimate of drug-likeness (QED) is 0.416. The highest BCUT2D eigenvalue weighted by atomic mass is 16.6. The van der Waals surface area contributed by atoms with Crippen LogP contribution in [0.25, 0.3) is 0 Å². The summed E-state index contributed by atoms with van der Waals surface area (Å²) in [4.78, 5) is 27.8. The number of piperidine rings is 1. The molecule has 3 aliphatic rings. The van der Waals surface area contributed by atoms with E-state index in [0.717, 1.165) is 19.3 Å². The van der Waals surface area contributed by atoms with E-state index in [1.54, 1.807) is 0 Å². The van der Waals surface area contributed by atoms with Crippen LogP contribution in [0.3, 0.4) is 0 Å². The summed E-state index contributed by atoms with van der Waals surface area (Å²) in [6.45, 7) is 6.44. The van der Waals surface area contributed by atoms with E-state index in [4.69, 9.17) is 15.2 Å². The standard InChI is InChI=1S/C31H41N2O4/c1-3-22(2)28(32)29(34)37-31(23-12-6-4-7-13-23,24-14-8-5-9-15-24)30(35)36-27-20-25-16-17-26(21-27)33(25)18-10-11-19-33/h4-9,12-15,22,25-28H,3,10-11,16-21,32H2,1-2H3/q+1/t22-,25?,26?,27?,28-/m0/s1. The Balaban J connectivity index is 1.49. The number of hydrogen-bond acceptors (Lipinski definition) is 5. The van der Waals surface area contributed by atoms with Gasteiger partial charge < -0.3 is 19.7 Å². The maximum atomic E-state index is 14.3. The number of nitrogens with zero attached hydrogens (tertiary/aromatic N) is 1. The molecule has 6 heteroatoms. The van der Waals surface area contributed by atoms with Crippen molar-refractivity contribution < 1.29 is 23.5 Å². The van der Waals surface area contributed by atoms with Gasteiger partial charge >= 0.3 is 11.9 Å². The lowest BCUT2D eigenvalue weighted by Gasteiger charge is -2.47. The van der Waals surface area contributed by atoms with Gasteiger partial charge in [-0.25, -0.2) is 4.79 Å².